The van der Waals surface area contributed by atoms with Crippen LogP contribution in [0.2, 0.25) is 0 Å². The molecular weight excluding hydrogens is 216 g/mol. The van der Waals surface area contributed by atoms with Crippen LogP contribution in [0, 0.1) is 11.3 Å². The molecule has 0 saturated heterocycles. The average molecular weight is 234 g/mol. The van der Waals surface area contributed by atoms with Gasteiger partial charge in [0, 0.05) is 6.07 Å². The minimum atomic E-state index is 0.364. The largest absolute Gasteiger partial charge is 0.481 e. The van der Waals surface area contributed by atoms with Crippen LogP contribution in [0.15, 0.2) is 12.1 Å². The van der Waals surface area contributed by atoms with E-state index in [1.807, 2.05) is 0 Å². The van der Waals surface area contributed by atoms with E-state index >= 15 is 0 Å². The standard InChI is InChI=1S/C13H18N2O2/c1-3-4-5-6-9-17-13-11(10-14)7-8-12(15-13)16-2/h7-8H,3-6,9H2,1-2H3. The Hall–Kier alpha value is -1.76. The first kappa shape index (κ1) is 13.3. The number of rotatable bonds is 7. The number of hydrogen-bond donors (Lipinski definition) is 0. The molecule has 0 atom stereocenters. The fourth-order valence-electron chi connectivity index (χ4n) is 1.43. The summed E-state index contributed by atoms with van der Waals surface area (Å²) in [5.41, 5.74) is 0.446. The van der Waals surface area contributed by atoms with Gasteiger partial charge in [0.05, 0.1) is 13.7 Å². The molecule has 0 fully saturated rings. The van der Waals surface area contributed by atoms with Gasteiger partial charge in [-0.25, -0.2) is 0 Å². The first-order chi connectivity index (χ1) is 8.31. The molecule has 0 aliphatic heterocycles. The molecule has 0 aliphatic carbocycles. The Balaban J connectivity index is 2.53. The molecule has 17 heavy (non-hydrogen) atoms. The zero-order valence-corrected chi connectivity index (χ0v) is 10.4. The summed E-state index contributed by atoms with van der Waals surface area (Å²) in [4.78, 5) is 4.11. The van der Waals surface area contributed by atoms with Crippen LogP contribution in [0.1, 0.15) is 38.2 Å². The van der Waals surface area contributed by atoms with Gasteiger partial charge in [-0.1, -0.05) is 26.2 Å². The lowest BCUT2D eigenvalue weighted by atomic mass is 10.2. The van der Waals surface area contributed by atoms with Gasteiger partial charge in [0.15, 0.2) is 0 Å². The molecule has 0 radical (unpaired) electrons. The summed E-state index contributed by atoms with van der Waals surface area (Å²) in [7, 11) is 1.54. The van der Waals surface area contributed by atoms with E-state index < -0.39 is 0 Å². The van der Waals surface area contributed by atoms with E-state index in [9.17, 15) is 0 Å². The molecular formula is C13H18N2O2. The number of aromatic nitrogens is 1. The first-order valence-corrected chi connectivity index (χ1v) is 5.89. The average Bonchev–Trinajstić information content (AvgIpc) is 2.38. The third-order valence-electron chi connectivity index (χ3n) is 2.40. The quantitative estimate of drug-likeness (QED) is 0.681. The van der Waals surface area contributed by atoms with E-state index in [1.54, 1.807) is 19.2 Å². The number of methoxy groups -OCH3 is 1. The predicted octanol–water partition coefficient (Wildman–Crippen LogP) is 2.92. The third kappa shape index (κ3) is 4.31. The van der Waals surface area contributed by atoms with Gasteiger partial charge in [0.1, 0.15) is 11.6 Å². The number of nitrogens with zero attached hydrogens (tertiary/aromatic N) is 2. The number of ether oxygens (including phenoxy) is 2. The Morgan fingerprint density at radius 3 is 2.76 bits per heavy atom. The number of unbranched alkanes of at least 4 members (excludes halogenated alkanes) is 3. The summed E-state index contributed by atoms with van der Waals surface area (Å²) in [6.07, 6.45) is 4.53. The van der Waals surface area contributed by atoms with Crippen LogP contribution in [-0.4, -0.2) is 18.7 Å². The van der Waals surface area contributed by atoms with E-state index in [-0.39, 0.29) is 0 Å². The molecule has 0 bridgehead atoms. The van der Waals surface area contributed by atoms with Gasteiger partial charge in [-0.05, 0) is 12.5 Å². The third-order valence-corrected chi connectivity index (χ3v) is 2.40. The van der Waals surface area contributed by atoms with Crippen molar-refractivity contribution in [1.29, 1.82) is 5.26 Å². The molecule has 1 heterocycles. The van der Waals surface area contributed by atoms with Crippen LogP contribution in [0.5, 0.6) is 11.8 Å². The zero-order valence-electron chi connectivity index (χ0n) is 10.4. The summed E-state index contributed by atoms with van der Waals surface area (Å²) >= 11 is 0. The van der Waals surface area contributed by atoms with Crippen LogP contribution in [0.25, 0.3) is 0 Å². The lowest BCUT2D eigenvalue weighted by Gasteiger charge is -2.07. The van der Waals surface area contributed by atoms with Crippen molar-refractivity contribution in [2.75, 3.05) is 13.7 Å². The second-order valence-corrected chi connectivity index (χ2v) is 3.73. The highest BCUT2D eigenvalue weighted by molar-refractivity contribution is 5.40. The van der Waals surface area contributed by atoms with Crippen molar-refractivity contribution < 1.29 is 9.47 Å². The van der Waals surface area contributed by atoms with Gasteiger partial charge < -0.3 is 9.47 Å². The summed E-state index contributed by atoms with van der Waals surface area (Å²) in [5.74, 6) is 0.830. The predicted molar refractivity (Wildman–Crippen MR) is 65.1 cm³/mol. The van der Waals surface area contributed by atoms with Crippen LogP contribution in [0.4, 0.5) is 0 Å². The van der Waals surface area contributed by atoms with Crippen molar-refractivity contribution in [2.24, 2.45) is 0 Å². The van der Waals surface area contributed by atoms with Gasteiger partial charge in [-0.2, -0.15) is 10.2 Å². The second-order valence-electron chi connectivity index (χ2n) is 3.73. The van der Waals surface area contributed by atoms with Crippen molar-refractivity contribution in [1.82, 2.24) is 4.98 Å². The number of nitriles is 1. The maximum atomic E-state index is 8.91. The van der Waals surface area contributed by atoms with Crippen LogP contribution < -0.4 is 9.47 Å². The fraction of sp³-hybridized carbons (Fsp3) is 0.538. The number of pyridine rings is 1. The molecule has 0 aliphatic rings. The summed E-state index contributed by atoms with van der Waals surface area (Å²) in [5, 5.41) is 8.91. The summed E-state index contributed by atoms with van der Waals surface area (Å²) in [6, 6.07) is 5.37. The molecule has 0 aromatic carbocycles. The molecule has 0 N–H and O–H groups in total. The van der Waals surface area contributed by atoms with Gasteiger partial charge >= 0.3 is 0 Å². The summed E-state index contributed by atoms with van der Waals surface area (Å²) in [6.45, 7) is 2.76. The second kappa shape index (κ2) is 7.50. The smallest absolute Gasteiger partial charge is 0.234 e. The Morgan fingerprint density at radius 2 is 2.12 bits per heavy atom. The minimum absolute atomic E-state index is 0.364. The van der Waals surface area contributed by atoms with Crippen molar-refractivity contribution in [3.05, 3.63) is 17.7 Å². The summed E-state index contributed by atoms with van der Waals surface area (Å²) < 4.78 is 10.5. The van der Waals surface area contributed by atoms with E-state index in [4.69, 9.17) is 14.7 Å². The molecule has 1 rings (SSSR count). The van der Waals surface area contributed by atoms with E-state index in [1.165, 1.54) is 12.8 Å². The first-order valence-electron chi connectivity index (χ1n) is 5.89. The normalized spacial score (nSPS) is 9.71. The lowest BCUT2D eigenvalue weighted by Crippen LogP contribution is -2.02. The van der Waals surface area contributed by atoms with Crippen LogP contribution in [-0.2, 0) is 0 Å². The molecule has 0 amide bonds. The molecule has 1 aromatic heterocycles. The fourth-order valence-corrected chi connectivity index (χ4v) is 1.43. The molecule has 1 aromatic rings. The monoisotopic (exact) mass is 234 g/mol. The number of hydrogen-bond acceptors (Lipinski definition) is 4. The lowest BCUT2D eigenvalue weighted by molar-refractivity contribution is 0.286. The Labute approximate surface area is 102 Å². The Morgan fingerprint density at radius 1 is 1.29 bits per heavy atom. The van der Waals surface area contributed by atoms with E-state index in [2.05, 4.69) is 18.0 Å². The van der Waals surface area contributed by atoms with Crippen molar-refractivity contribution in [2.45, 2.75) is 32.6 Å². The molecule has 92 valence electrons. The Bertz CT molecular complexity index is 385. The molecule has 0 unspecified atom stereocenters. The van der Waals surface area contributed by atoms with Crippen molar-refractivity contribution >= 4 is 0 Å². The van der Waals surface area contributed by atoms with Gasteiger partial charge in [-0.3, -0.25) is 0 Å². The molecule has 0 saturated carbocycles. The van der Waals surface area contributed by atoms with Crippen molar-refractivity contribution in [3.8, 4) is 17.8 Å². The molecule has 4 heteroatoms. The molecule has 4 nitrogen and oxygen atoms in total. The van der Waals surface area contributed by atoms with E-state index in [0.29, 0.717) is 23.9 Å². The minimum Gasteiger partial charge on any atom is -0.481 e. The van der Waals surface area contributed by atoms with Crippen molar-refractivity contribution in [3.63, 3.8) is 0 Å². The van der Waals surface area contributed by atoms with Gasteiger partial charge in [0.2, 0.25) is 11.8 Å². The highest BCUT2D eigenvalue weighted by atomic mass is 16.5. The van der Waals surface area contributed by atoms with Gasteiger partial charge in [0.25, 0.3) is 0 Å². The zero-order chi connectivity index (χ0) is 12.5. The van der Waals surface area contributed by atoms with Crippen LogP contribution in [0.3, 0.4) is 0 Å². The maximum absolute atomic E-state index is 8.91. The van der Waals surface area contributed by atoms with Gasteiger partial charge in [-0.15, -0.1) is 0 Å². The SMILES string of the molecule is CCCCCCOc1nc(OC)ccc1C#N. The maximum Gasteiger partial charge on any atom is 0.234 e. The van der Waals surface area contributed by atoms with E-state index in [0.717, 1.165) is 12.8 Å². The van der Waals surface area contributed by atoms with Crippen LogP contribution >= 0.6 is 0 Å². The highest BCUT2D eigenvalue weighted by Gasteiger charge is 2.06. The molecule has 0 spiro atoms. The topological polar surface area (TPSA) is 55.1 Å². The highest BCUT2D eigenvalue weighted by Crippen LogP contribution is 2.19. The Kier molecular flexibility index (Phi) is 5.87.